The predicted molar refractivity (Wildman–Crippen MR) is 56.0 cm³/mol. The summed E-state index contributed by atoms with van der Waals surface area (Å²) in [5.41, 5.74) is 2.38. The summed E-state index contributed by atoms with van der Waals surface area (Å²) in [5.74, 6) is 1.67. The quantitative estimate of drug-likeness (QED) is 0.684. The van der Waals surface area contributed by atoms with Gasteiger partial charge in [0.2, 0.25) is 0 Å². The van der Waals surface area contributed by atoms with Gasteiger partial charge in [0.15, 0.2) is 0 Å². The fourth-order valence-electron chi connectivity index (χ4n) is 2.36. The number of aryl methyl sites for hydroxylation is 1. The van der Waals surface area contributed by atoms with Gasteiger partial charge in [0.25, 0.3) is 0 Å². The molecule has 0 saturated heterocycles. The lowest BCUT2D eigenvalue weighted by molar-refractivity contribution is 0.178. The topological polar surface area (TPSA) is 29.5 Å². The molecule has 2 atom stereocenters. The van der Waals surface area contributed by atoms with Gasteiger partial charge >= 0.3 is 0 Å². The molecule has 2 rings (SSSR count). The van der Waals surface area contributed by atoms with Crippen LogP contribution in [0.3, 0.4) is 0 Å². The van der Waals surface area contributed by atoms with Crippen molar-refractivity contribution in [3.63, 3.8) is 0 Å². The summed E-state index contributed by atoms with van der Waals surface area (Å²) in [6, 6.07) is 3.52. The van der Waals surface area contributed by atoms with Crippen LogP contribution < -0.4 is 4.74 Å². The number of phenols is 1. The molecule has 0 amide bonds. The molecule has 0 aromatic heterocycles. The number of benzene rings is 1. The third kappa shape index (κ3) is 1.45. The van der Waals surface area contributed by atoms with E-state index in [4.69, 9.17) is 4.74 Å². The predicted octanol–water partition coefficient (Wildman–Crippen LogP) is 2.98. The van der Waals surface area contributed by atoms with Crippen LogP contribution in [0.2, 0.25) is 0 Å². The monoisotopic (exact) mass is 192 g/mol. The zero-order chi connectivity index (χ0) is 10.3. The number of aromatic hydroxyl groups is 1. The van der Waals surface area contributed by atoms with Crippen molar-refractivity contribution in [1.82, 2.24) is 0 Å². The van der Waals surface area contributed by atoms with Crippen LogP contribution in [0.1, 0.15) is 37.3 Å². The maximum atomic E-state index is 9.46. The first-order chi connectivity index (χ1) is 6.58. The molecule has 0 radical (unpaired) electrons. The highest BCUT2D eigenvalue weighted by atomic mass is 16.5. The van der Waals surface area contributed by atoms with E-state index in [0.717, 1.165) is 17.7 Å². The molecule has 0 spiro atoms. The summed E-state index contributed by atoms with van der Waals surface area (Å²) in [4.78, 5) is 0. The molecule has 76 valence electrons. The Hall–Kier alpha value is -1.18. The molecule has 0 saturated carbocycles. The highest BCUT2D eigenvalue weighted by Crippen LogP contribution is 2.40. The molecule has 2 nitrogen and oxygen atoms in total. The minimum atomic E-state index is 0.249. The fraction of sp³-hybridized carbons (Fsp3) is 0.500. The third-order valence-electron chi connectivity index (χ3n) is 2.84. The molecule has 2 heteroatoms. The number of phenolic OH excluding ortho intramolecular Hbond substituents is 1. The first-order valence-corrected chi connectivity index (χ1v) is 5.08. The molecule has 1 aromatic carbocycles. The second kappa shape index (κ2) is 3.19. The summed E-state index contributed by atoms with van der Waals surface area (Å²) in [6.45, 7) is 6.30. The Bertz CT molecular complexity index is 358. The minimum Gasteiger partial charge on any atom is -0.508 e. The molecule has 1 N–H and O–H groups in total. The largest absolute Gasteiger partial charge is 0.508 e. The van der Waals surface area contributed by atoms with E-state index in [1.807, 2.05) is 6.92 Å². The minimum absolute atomic E-state index is 0.249. The van der Waals surface area contributed by atoms with Crippen molar-refractivity contribution in [1.29, 1.82) is 0 Å². The summed E-state index contributed by atoms with van der Waals surface area (Å²) in [6.07, 6.45) is 1.30. The van der Waals surface area contributed by atoms with Crippen molar-refractivity contribution in [2.75, 3.05) is 0 Å². The Labute approximate surface area is 84.5 Å². The summed E-state index contributed by atoms with van der Waals surface area (Å²) >= 11 is 0. The summed E-state index contributed by atoms with van der Waals surface area (Å²) in [5, 5.41) is 9.46. The van der Waals surface area contributed by atoms with Crippen LogP contribution in [0, 0.1) is 6.92 Å². The van der Waals surface area contributed by atoms with Crippen molar-refractivity contribution in [3.8, 4) is 11.5 Å². The van der Waals surface area contributed by atoms with Gasteiger partial charge < -0.3 is 9.84 Å². The number of hydrogen-bond acceptors (Lipinski definition) is 2. The highest BCUT2D eigenvalue weighted by molar-refractivity contribution is 5.48. The average Bonchev–Trinajstić information content (AvgIpc) is 1.99. The van der Waals surface area contributed by atoms with E-state index in [1.54, 1.807) is 12.1 Å². The highest BCUT2D eigenvalue weighted by Gasteiger charge is 2.24. The van der Waals surface area contributed by atoms with Crippen LogP contribution in [0.4, 0.5) is 0 Å². The Kier molecular flexibility index (Phi) is 2.14. The van der Waals surface area contributed by atoms with Crippen LogP contribution in [0.15, 0.2) is 12.1 Å². The van der Waals surface area contributed by atoms with Crippen molar-refractivity contribution in [2.24, 2.45) is 0 Å². The molecule has 1 aromatic rings. The molecule has 14 heavy (non-hydrogen) atoms. The summed E-state index contributed by atoms with van der Waals surface area (Å²) < 4.78 is 5.70. The summed E-state index contributed by atoms with van der Waals surface area (Å²) in [7, 11) is 0. The van der Waals surface area contributed by atoms with Gasteiger partial charge in [0.05, 0.1) is 6.10 Å². The molecule has 1 aliphatic heterocycles. The molecular weight excluding hydrogens is 176 g/mol. The second-order valence-corrected chi connectivity index (χ2v) is 4.24. The standard InChI is InChI=1S/C12H16O2/c1-7-4-9(3)14-11-6-10(13)5-8(2)12(7)11/h5-7,9,13H,4H2,1-3H3. The van der Waals surface area contributed by atoms with E-state index in [-0.39, 0.29) is 6.10 Å². The Morgan fingerprint density at radius 3 is 2.79 bits per heavy atom. The van der Waals surface area contributed by atoms with Crippen molar-refractivity contribution >= 4 is 0 Å². The Morgan fingerprint density at radius 2 is 2.07 bits per heavy atom. The first-order valence-electron chi connectivity index (χ1n) is 5.08. The van der Waals surface area contributed by atoms with Crippen molar-refractivity contribution in [2.45, 2.75) is 39.2 Å². The molecule has 1 heterocycles. The molecule has 0 fully saturated rings. The lowest BCUT2D eigenvalue weighted by atomic mass is 9.88. The smallest absolute Gasteiger partial charge is 0.127 e. The van der Waals surface area contributed by atoms with Gasteiger partial charge in [0.1, 0.15) is 11.5 Å². The van der Waals surface area contributed by atoms with Crippen LogP contribution in [-0.2, 0) is 0 Å². The van der Waals surface area contributed by atoms with Crippen LogP contribution in [0.5, 0.6) is 11.5 Å². The van der Waals surface area contributed by atoms with Gasteiger partial charge in [-0.25, -0.2) is 0 Å². The van der Waals surface area contributed by atoms with E-state index < -0.39 is 0 Å². The van der Waals surface area contributed by atoms with Crippen LogP contribution in [-0.4, -0.2) is 11.2 Å². The lowest BCUT2D eigenvalue weighted by Gasteiger charge is -2.29. The Morgan fingerprint density at radius 1 is 1.36 bits per heavy atom. The first kappa shape index (κ1) is 9.38. The van der Waals surface area contributed by atoms with E-state index in [9.17, 15) is 5.11 Å². The average molecular weight is 192 g/mol. The number of ether oxygens (including phenoxy) is 1. The molecule has 0 aliphatic carbocycles. The molecular formula is C12H16O2. The van der Waals surface area contributed by atoms with E-state index in [1.165, 1.54) is 5.56 Å². The zero-order valence-electron chi connectivity index (χ0n) is 8.87. The SMILES string of the molecule is Cc1cc(O)cc2c1C(C)CC(C)O2. The third-order valence-corrected chi connectivity index (χ3v) is 2.84. The van der Waals surface area contributed by atoms with E-state index >= 15 is 0 Å². The lowest BCUT2D eigenvalue weighted by Crippen LogP contribution is -2.22. The maximum Gasteiger partial charge on any atom is 0.127 e. The molecule has 0 bridgehead atoms. The van der Waals surface area contributed by atoms with Gasteiger partial charge in [-0.15, -0.1) is 0 Å². The van der Waals surface area contributed by atoms with Crippen molar-refractivity contribution < 1.29 is 9.84 Å². The van der Waals surface area contributed by atoms with Gasteiger partial charge in [-0.2, -0.15) is 0 Å². The second-order valence-electron chi connectivity index (χ2n) is 4.24. The van der Waals surface area contributed by atoms with E-state index in [2.05, 4.69) is 13.8 Å². The normalized spacial score (nSPS) is 25.4. The number of fused-ring (bicyclic) bond motifs is 1. The fourth-order valence-corrected chi connectivity index (χ4v) is 2.36. The molecule has 2 unspecified atom stereocenters. The molecule has 1 aliphatic rings. The zero-order valence-corrected chi connectivity index (χ0v) is 8.87. The van der Waals surface area contributed by atoms with Crippen LogP contribution >= 0.6 is 0 Å². The van der Waals surface area contributed by atoms with Crippen LogP contribution in [0.25, 0.3) is 0 Å². The van der Waals surface area contributed by atoms with Gasteiger partial charge in [-0.3, -0.25) is 0 Å². The number of hydrogen-bond donors (Lipinski definition) is 1. The van der Waals surface area contributed by atoms with Gasteiger partial charge in [-0.05, 0) is 37.8 Å². The van der Waals surface area contributed by atoms with Gasteiger partial charge in [-0.1, -0.05) is 6.92 Å². The number of rotatable bonds is 0. The Balaban J connectivity index is 2.53. The van der Waals surface area contributed by atoms with Crippen molar-refractivity contribution in [3.05, 3.63) is 23.3 Å². The maximum absolute atomic E-state index is 9.46. The van der Waals surface area contributed by atoms with Gasteiger partial charge in [0, 0.05) is 11.6 Å². The van der Waals surface area contributed by atoms with E-state index in [0.29, 0.717) is 11.7 Å².